The zero-order valence-electron chi connectivity index (χ0n) is 10.8. The fourth-order valence-electron chi connectivity index (χ4n) is 1.19. The topological polar surface area (TPSA) is 55.4 Å². The van der Waals surface area contributed by atoms with Crippen LogP contribution in [-0.4, -0.2) is 17.5 Å². The van der Waals surface area contributed by atoms with Gasteiger partial charge in [-0.2, -0.15) is 0 Å². The monoisotopic (exact) mass is 247 g/mol. The van der Waals surface area contributed by atoms with E-state index in [1.165, 1.54) is 0 Å². The molecule has 0 bridgehead atoms. The average Bonchev–Trinajstić information content (AvgIpc) is 2.27. The number of carbonyl (C=O) groups excluding carboxylic acids is 2. The summed E-state index contributed by atoms with van der Waals surface area (Å²) >= 11 is 0. The third kappa shape index (κ3) is 4.41. The number of rotatable bonds is 3. The number of hydrogen-bond donors (Lipinski definition) is 1. The number of amides is 1. The molecule has 0 spiro atoms. The van der Waals surface area contributed by atoms with Crippen LogP contribution in [0.1, 0.15) is 31.1 Å². The molecular formula is C14H17NO3. The first-order valence-corrected chi connectivity index (χ1v) is 5.58. The lowest BCUT2D eigenvalue weighted by Crippen LogP contribution is -2.32. The Labute approximate surface area is 107 Å². The second kappa shape index (κ2) is 5.49. The van der Waals surface area contributed by atoms with Crippen molar-refractivity contribution in [3.8, 4) is 0 Å². The summed E-state index contributed by atoms with van der Waals surface area (Å²) in [5.41, 5.74) is -0.224. The lowest BCUT2D eigenvalue weighted by molar-refractivity contribution is -0.150. The second-order valence-electron chi connectivity index (χ2n) is 4.80. The Morgan fingerprint density at radius 1 is 1.17 bits per heavy atom. The van der Waals surface area contributed by atoms with E-state index in [9.17, 15) is 9.59 Å². The van der Waals surface area contributed by atoms with Crippen molar-refractivity contribution in [3.05, 3.63) is 48.2 Å². The second-order valence-corrected chi connectivity index (χ2v) is 4.80. The van der Waals surface area contributed by atoms with Crippen LogP contribution in [0.15, 0.2) is 42.6 Å². The Morgan fingerprint density at radius 3 is 2.22 bits per heavy atom. The van der Waals surface area contributed by atoms with E-state index in [2.05, 4.69) is 11.9 Å². The third-order valence-electron chi connectivity index (χ3n) is 1.95. The molecule has 0 aliphatic carbocycles. The molecule has 0 aliphatic rings. The van der Waals surface area contributed by atoms with Gasteiger partial charge in [0.2, 0.25) is 0 Å². The van der Waals surface area contributed by atoms with Crippen LogP contribution in [0.3, 0.4) is 0 Å². The molecule has 0 radical (unpaired) electrons. The van der Waals surface area contributed by atoms with E-state index in [0.717, 1.165) is 0 Å². The number of ether oxygens (including phenoxy) is 1. The molecule has 0 aliphatic heterocycles. The van der Waals surface area contributed by atoms with E-state index in [1.807, 2.05) is 0 Å². The van der Waals surface area contributed by atoms with Crippen molar-refractivity contribution in [1.29, 1.82) is 0 Å². The smallest absolute Gasteiger partial charge is 0.354 e. The summed E-state index contributed by atoms with van der Waals surface area (Å²) in [6.45, 7) is 8.74. The molecule has 0 unspecified atom stereocenters. The van der Waals surface area contributed by atoms with Gasteiger partial charge in [0.25, 0.3) is 5.91 Å². The van der Waals surface area contributed by atoms with Gasteiger partial charge in [-0.25, -0.2) is 4.79 Å². The first-order valence-electron chi connectivity index (χ1n) is 5.58. The van der Waals surface area contributed by atoms with Crippen molar-refractivity contribution in [2.45, 2.75) is 26.4 Å². The molecule has 0 aromatic heterocycles. The average molecular weight is 247 g/mol. The summed E-state index contributed by atoms with van der Waals surface area (Å²) in [4.78, 5) is 23.3. The van der Waals surface area contributed by atoms with Gasteiger partial charge in [0.15, 0.2) is 0 Å². The normalized spacial score (nSPS) is 10.6. The summed E-state index contributed by atoms with van der Waals surface area (Å²) in [7, 11) is 0. The van der Waals surface area contributed by atoms with Crippen molar-refractivity contribution in [2.24, 2.45) is 0 Å². The first-order chi connectivity index (χ1) is 8.29. The van der Waals surface area contributed by atoms with Gasteiger partial charge < -0.3 is 10.1 Å². The minimum absolute atomic E-state index is 0.0706. The molecule has 0 atom stereocenters. The van der Waals surface area contributed by atoms with E-state index < -0.39 is 11.6 Å². The number of hydrogen-bond acceptors (Lipinski definition) is 3. The molecule has 4 nitrogen and oxygen atoms in total. The zero-order chi connectivity index (χ0) is 13.8. The molecular weight excluding hydrogens is 230 g/mol. The van der Waals surface area contributed by atoms with Crippen molar-refractivity contribution in [3.63, 3.8) is 0 Å². The minimum Gasteiger partial charge on any atom is -0.455 e. The van der Waals surface area contributed by atoms with Crippen LogP contribution < -0.4 is 5.32 Å². The molecule has 0 saturated heterocycles. The van der Waals surface area contributed by atoms with Gasteiger partial charge in [-0.15, -0.1) is 0 Å². The Kier molecular flexibility index (Phi) is 4.26. The molecule has 96 valence electrons. The lowest BCUT2D eigenvalue weighted by atomic mass is 10.2. The van der Waals surface area contributed by atoms with E-state index in [-0.39, 0.29) is 11.6 Å². The fraction of sp³-hybridized carbons (Fsp3) is 0.286. The number of carbonyl (C=O) groups is 2. The van der Waals surface area contributed by atoms with Gasteiger partial charge in [0.1, 0.15) is 11.3 Å². The van der Waals surface area contributed by atoms with Crippen molar-refractivity contribution in [1.82, 2.24) is 5.32 Å². The Bertz CT molecular complexity index is 458. The highest BCUT2D eigenvalue weighted by Crippen LogP contribution is 2.09. The van der Waals surface area contributed by atoms with Gasteiger partial charge in [-0.05, 0) is 32.9 Å². The standard InChI is InChI=1S/C14H17NO3/c1-10(13(17)18-14(2,3)4)15-12(16)11-8-6-5-7-9-11/h5-9H,1H2,2-4H3,(H,15,16). The molecule has 1 aromatic carbocycles. The quantitative estimate of drug-likeness (QED) is 0.658. The maximum atomic E-state index is 11.7. The highest BCUT2D eigenvalue weighted by Gasteiger charge is 2.20. The van der Waals surface area contributed by atoms with Gasteiger partial charge in [0.05, 0.1) is 0 Å². The maximum absolute atomic E-state index is 11.7. The maximum Gasteiger partial charge on any atom is 0.354 e. The van der Waals surface area contributed by atoms with E-state index in [4.69, 9.17) is 4.74 Å². The molecule has 1 rings (SSSR count). The lowest BCUT2D eigenvalue weighted by Gasteiger charge is -2.20. The van der Waals surface area contributed by atoms with Crippen LogP contribution in [0.25, 0.3) is 0 Å². The Morgan fingerprint density at radius 2 is 1.72 bits per heavy atom. The summed E-state index contributed by atoms with van der Waals surface area (Å²) in [6.07, 6.45) is 0. The van der Waals surface area contributed by atoms with E-state index >= 15 is 0 Å². The van der Waals surface area contributed by atoms with E-state index in [0.29, 0.717) is 5.56 Å². The molecule has 1 aromatic rings. The summed E-state index contributed by atoms with van der Waals surface area (Å²) in [6, 6.07) is 8.59. The fourth-order valence-corrected chi connectivity index (χ4v) is 1.19. The predicted octanol–water partition coefficient (Wildman–Crippen LogP) is 2.27. The first kappa shape index (κ1) is 14.0. The highest BCUT2D eigenvalue weighted by molar-refractivity contribution is 6.00. The molecule has 4 heteroatoms. The SMILES string of the molecule is C=C(NC(=O)c1ccccc1)C(=O)OC(C)(C)C. The number of esters is 1. The Hall–Kier alpha value is -2.10. The molecule has 0 fully saturated rings. The van der Waals surface area contributed by atoms with Gasteiger partial charge in [0, 0.05) is 5.56 Å². The van der Waals surface area contributed by atoms with E-state index in [1.54, 1.807) is 51.1 Å². The van der Waals surface area contributed by atoms with Crippen LogP contribution in [0.5, 0.6) is 0 Å². The van der Waals surface area contributed by atoms with Crippen LogP contribution in [0.4, 0.5) is 0 Å². The molecule has 0 saturated carbocycles. The molecule has 1 N–H and O–H groups in total. The van der Waals surface area contributed by atoms with Gasteiger partial charge in [-0.1, -0.05) is 24.8 Å². The summed E-state index contributed by atoms with van der Waals surface area (Å²) in [5, 5.41) is 2.41. The number of nitrogens with one attached hydrogen (secondary N) is 1. The highest BCUT2D eigenvalue weighted by atomic mass is 16.6. The van der Waals surface area contributed by atoms with Crippen LogP contribution in [0.2, 0.25) is 0 Å². The Balaban J connectivity index is 2.61. The van der Waals surface area contributed by atoms with Crippen LogP contribution in [-0.2, 0) is 9.53 Å². The minimum atomic E-state index is -0.633. The van der Waals surface area contributed by atoms with Gasteiger partial charge in [-0.3, -0.25) is 4.79 Å². The zero-order valence-corrected chi connectivity index (χ0v) is 10.8. The molecule has 1 amide bonds. The van der Waals surface area contributed by atoms with Crippen molar-refractivity contribution in [2.75, 3.05) is 0 Å². The third-order valence-corrected chi connectivity index (χ3v) is 1.95. The van der Waals surface area contributed by atoms with Crippen molar-refractivity contribution < 1.29 is 14.3 Å². The summed E-state index contributed by atoms with van der Waals surface area (Å²) < 4.78 is 5.08. The van der Waals surface area contributed by atoms with Crippen molar-refractivity contribution >= 4 is 11.9 Å². The largest absolute Gasteiger partial charge is 0.455 e. The molecule has 0 heterocycles. The van der Waals surface area contributed by atoms with Gasteiger partial charge >= 0.3 is 5.97 Å². The summed E-state index contributed by atoms with van der Waals surface area (Å²) in [5.74, 6) is -1.02. The van der Waals surface area contributed by atoms with Crippen LogP contribution in [0, 0.1) is 0 Å². The molecule has 18 heavy (non-hydrogen) atoms. The van der Waals surface area contributed by atoms with Crippen LogP contribution >= 0.6 is 0 Å². The number of benzene rings is 1. The predicted molar refractivity (Wildman–Crippen MR) is 68.9 cm³/mol.